The van der Waals surface area contributed by atoms with Gasteiger partial charge in [0.15, 0.2) is 11.2 Å². The second kappa shape index (κ2) is 9.55. The standard InChI is InChI=1S/C23H25N5O4S/c1-2-27-16-24-21-20(27)22(29)26-23(30)28(21)15-19-10-8-18(9-11-19)14-25-33(31,32)13-12-17-6-4-3-5-7-17/h3-11,16,25H,2,12-15H2,1H3,(H,26,29,30). The number of aromatic nitrogens is 4. The first-order valence-electron chi connectivity index (χ1n) is 10.6. The fourth-order valence-corrected chi connectivity index (χ4v) is 4.65. The van der Waals surface area contributed by atoms with Gasteiger partial charge in [-0.05, 0) is 30.0 Å². The monoisotopic (exact) mass is 467 g/mol. The molecular weight excluding hydrogens is 442 g/mol. The highest BCUT2D eigenvalue weighted by Crippen LogP contribution is 2.11. The summed E-state index contributed by atoms with van der Waals surface area (Å²) < 4.78 is 30.4. The first-order chi connectivity index (χ1) is 15.9. The van der Waals surface area contributed by atoms with Crippen LogP contribution in [-0.4, -0.2) is 33.3 Å². The Morgan fingerprint density at radius 3 is 2.36 bits per heavy atom. The Hall–Kier alpha value is -3.50. The van der Waals surface area contributed by atoms with Crippen molar-refractivity contribution in [2.24, 2.45) is 0 Å². The molecule has 0 aliphatic heterocycles. The fourth-order valence-electron chi connectivity index (χ4n) is 3.62. The molecule has 10 heteroatoms. The molecule has 0 amide bonds. The van der Waals surface area contributed by atoms with E-state index in [9.17, 15) is 18.0 Å². The summed E-state index contributed by atoms with van der Waals surface area (Å²) in [5.41, 5.74) is 2.31. The average molecular weight is 468 g/mol. The van der Waals surface area contributed by atoms with Crippen molar-refractivity contribution in [1.82, 2.24) is 23.8 Å². The zero-order chi connectivity index (χ0) is 23.4. The van der Waals surface area contributed by atoms with Crippen molar-refractivity contribution in [3.63, 3.8) is 0 Å². The zero-order valence-electron chi connectivity index (χ0n) is 18.2. The Labute approximate surface area is 190 Å². The van der Waals surface area contributed by atoms with E-state index in [1.54, 1.807) is 10.9 Å². The topological polar surface area (TPSA) is 119 Å². The number of hydrogen-bond donors (Lipinski definition) is 2. The minimum atomic E-state index is -3.41. The molecule has 0 saturated heterocycles. The molecule has 0 aliphatic rings. The summed E-state index contributed by atoms with van der Waals surface area (Å²) in [6, 6.07) is 16.8. The van der Waals surface area contributed by atoms with E-state index in [2.05, 4.69) is 14.7 Å². The number of hydrogen-bond acceptors (Lipinski definition) is 5. The summed E-state index contributed by atoms with van der Waals surface area (Å²) >= 11 is 0. The lowest BCUT2D eigenvalue weighted by molar-refractivity contribution is 0.580. The van der Waals surface area contributed by atoms with Crippen LogP contribution in [0.4, 0.5) is 0 Å². The highest BCUT2D eigenvalue weighted by Gasteiger charge is 2.14. The molecule has 0 spiro atoms. The van der Waals surface area contributed by atoms with E-state index in [1.807, 2.05) is 61.5 Å². The summed E-state index contributed by atoms with van der Waals surface area (Å²) in [7, 11) is -3.41. The van der Waals surface area contributed by atoms with Crippen LogP contribution < -0.4 is 16.0 Å². The predicted octanol–water partition coefficient (Wildman–Crippen LogP) is 1.62. The Balaban J connectivity index is 1.42. The number of rotatable bonds is 9. The number of fused-ring (bicyclic) bond motifs is 1. The van der Waals surface area contributed by atoms with Crippen LogP contribution in [0.1, 0.15) is 23.6 Å². The Morgan fingerprint density at radius 2 is 1.67 bits per heavy atom. The highest BCUT2D eigenvalue weighted by molar-refractivity contribution is 7.89. The minimum Gasteiger partial charge on any atom is -0.325 e. The summed E-state index contributed by atoms with van der Waals surface area (Å²) in [4.78, 5) is 31.2. The van der Waals surface area contributed by atoms with E-state index in [4.69, 9.17) is 0 Å². The molecule has 2 aromatic carbocycles. The lowest BCUT2D eigenvalue weighted by atomic mass is 10.1. The SMILES string of the molecule is CCn1cnc2c1c(=O)[nH]c(=O)n2Cc1ccc(CNS(=O)(=O)CCc2ccccc2)cc1. The summed E-state index contributed by atoms with van der Waals surface area (Å²) in [6.45, 7) is 2.87. The van der Waals surface area contributed by atoms with Crippen molar-refractivity contribution < 1.29 is 8.42 Å². The number of aromatic amines is 1. The molecule has 2 heterocycles. The van der Waals surface area contributed by atoms with Gasteiger partial charge in [0.25, 0.3) is 5.56 Å². The van der Waals surface area contributed by atoms with Gasteiger partial charge in [0.05, 0.1) is 18.6 Å². The number of aryl methyl sites for hydroxylation is 2. The van der Waals surface area contributed by atoms with Crippen molar-refractivity contribution in [1.29, 1.82) is 0 Å². The van der Waals surface area contributed by atoms with Crippen LogP contribution in [0.2, 0.25) is 0 Å². The second-order valence-electron chi connectivity index (χ2n) is 7.74. The van der Waals surface area contributed by atoms with E-state index < -0.39 is 21.3 Å². The third-order valence-electron chi connectivity index (χ3n) is 5.46. The normalized spacial score (nSPS) is 11.8. The molecule has 172 valence electrons. The van der Waals surface area contributed by atoms with E-state index in [1.165, 1.54) is 4.57 Å². The first kappa shape index (κ1) is 22.7. The van der Waals surface area contributed by atoms with Crippen LogP contribution in [0.3, 0.4) is 0 Å². The number of nitrogens with zero attached hydrogens (tertiary/aromatic N) is 3. The lowest BCUT2D eigenvalue weighted by Crippen LogP contribution is -2.31. The molecule has 4 aromatic rings. The van der Waals surface area contributed by atoms with Gasteiger partial charge in [0, 0.05) is 13.1 Å². The Bertz CT molecular complexity index is 1470. The first-order valence-corrected chi connectivity index (χ1v) is 12.3. The third kappa shape index (κ3) is 5.29. The van der Waals surface area contributed by atoms with Crippen molar-refractivity contribution in [2.45, 2.75) is 33.0 Å². The van der Waals surface area contributed by atoms with Crippen LogP contribution in [-0.2, 0) is 36.1 Å². The quantitative estimate of drug-likeness (QED) is 0.388. The van der Waals surface area contributed by atoms with Gasteiger partial charge in [0.1, 0.15) is 0 Å². The minimum absolute atomic E-state index is 0.0185. The molecule has 9 nitrogen and oxygen atoms in total. The maximum Gasteiger partial charge on any atom is 0.330 e. The highest BCUT2D eigenvalue weighted by atomic mass is 32.2. The molecule has 0 saturated carbocycles. The van der Waals surface area contributed by atoms with Crippen LogP contribution in [0.5, 0.6) is 0 Å². The average Bonchev–Trinajstić information content (AvgIpc) is 3.25. The van der Waals surface area contributed by atoms with Crippen molar-refractivity contribution in [3.05, 3.63) is 98.5 Å². The maximum atomic E-state index is 12.4. The maximum absolute atomic E-state index is 12.4. The predicted molar refractivity (Wildman–Crippen MR) is 127 cm³/mol. The summed E-state index contributed by atoms with van der Waals surface area (Å²) in [5, 5.41) is 0. The van der Waals surface area contributed by atoms with Gasteiger partial charge in [-0.3, -0.25) is 14.3 Å². The second-order valence-corrected chi connectivity index (χ2v) is 9.67. The van der Waals surface area contributed by atoms with Crippen LogP contribution >= 0.6 is 0 Å². The van der Waals surface area contributed by atoms with Gasteiger partial charge in [-0.1, -0.05) is 54.6 Å². The van der Waals surface area contributed by atoms with E-state index >= 15 is 0 Å². The smallest absolute Gasteiger partial charge is 0.325 e. The molecule has 0 bridgehead atoms. The molecule has 4 rings (SSSR count). The molecule has 0 radical (unpaired) electrons. The molecule has 0 fully saturated rings. The molecule has 2 N–H and O–H groups in total. The number of H-pyrrole nitrogens is 1. The van der Waals surface area contributed by atoms with Crippen LogP contribution in [0.15, 0.2) is 70.5 Å². The largest absolute Gasteiger partial charge is 0.330 e. The third-order valence-corrected chi connectivity index (χ3v) is 6.78. The van der Waals surface area contributed by atoms with Crippen molar-refractivity contribution >= 4 is 21.2 Å². The molecule has 33 heavy (non-hydrogen) atoms. The summed E-state index contributed by atoms with van der Waals surface area (Å²) in [6.07, 6.45) is 1.99. The van der Waals surface area contributed by atoms with Crippen LogP contribution in [0.25, 0.3) is 11.2 Å². The molecule has 2 aromatic heterocycles. The van der Waals surface area contributed by atoms with E-state index in [-0.39, 0.29) is 18.8 Å². The van der Waals surface area contributed by atoms with Crippen LogP contribution in [0, 0.1) is 0 Å². The molecule has 0 atom stereocenters. The number of imidazole rings is 1. The van der Waals surface area contributed by atoms with Gasteiger partial charge >= 0.3 is 5.69 Å². The van der Waals surface area contributed by atoms with E-state index in [0.29, 0.717) is 24.1 Å². The number of sulfonamides is 1. The van der Waals surface area contributed by atoms with E-state index in [0.717, 1.165) is 16.7 Å². The summed E-state index contributed by atoms with van der Waals surface area (Å²) in [5.74, 6) is 0.0185. The fraction of sp³-hybridized carbons (Fsp3) is 0.261. The Morgan fingerprint density at radius 1 is 0.970 bits per heavy atom. The number of nitrogens with one attached hydrogen (secondary N) is 2. The van der Waals surface area contributed by atoms with Crippen molar-refractivity contribution in [3.8, 4) is 0 Å². The van der Waals surface area contributed by atoms with Crippen molar-refractivity contribution in [2.75, 3.05) is 5.75 Å². The molecule has 0 aliphatic carbocycles. The van der Waals surface area contributed by atoms with Gasteiger partial charge in [-0.2, -0.15) is 0 Å². The molecule has 0 unspecified atom stereocenters. The lowest BCUT2D eigenvalue weighted by Gasteiger charge is -2.09. The zero-order valence-corrected chi connectivity index (χ0v) is 19.0. The van der Waals surface area contributed by atoms with Gasteiger partial charge in [0.2, 0.25) is 10.0 Å². The van der Waals surface area contributed by atoms with Gasteiger partial charge in [-0.15, -0.1) is 0 Å². The Kier molecular flexibility index (Phi) is 6.57. The molecular formula is C23H25N5O4S. The van der Waals surface area contributed by atoms with Gasteiger partial charge in [-0.25, -0.2) is 22.9 Å². The van der Waals surface area contributed by atoms with Gasteiger partial charge < -0.3 is 4.57 Å². The number of benzene rings is 2.